The molecule has 5 nitrogen and oxygen atoms in total. The lowest BCUT2D eigenvalue weighted by atomic mass is 10.0. The Morgan fingerprint density at radius 2 is 1.32 bits per heavy atom. The molecule has 0 rings (SSSR count). The molecule has 0 aromatic rings. The van der Waals surface area contributed by atoms with Gasteiger partial charge in [0.05, 0.1) is 5.92 Å². The van der Waals surface area contributed by atoms with E-state index in [2.05, 4.69) is 5.32 Å². The summed E-state index contributed by atoms with van der Waals surface area (Å²) in [5, 5.41) is 2.64. The molecular formula is C14H27NO4. The Bertz CT molecular complexity index is 325. The summed E-state index contributed by atoms with van der Waals surface area (Å²) in [6.07, 6.45) is -0.532. The minimum Gasteiger partial charge on any atom is -0.460 e. The van der Waals surface area contributed by atoms with Crippen molar-refractivity contribution in [1.29, 1.82) is 0 Å². The fourth-order valence-corrected chi connectivity index (χ4v) is 1.22. The highest BCUT2D eigenvalue weighted by atomic mass is 16.6. The van der Waals surface area contributed by atoms with E-state index >= 15 is 0 Å². The van der Waals surface area contributed by atoms with Gasteiger partial charge in [-0.15, -0.1) is 0 Å². The largest absolute Gasteiger partial charge is 0.460 e. The van der Waals surface area contributed by atoms with E-state index in [1.807, 2.05) is 20.8 Å². The van der Waals surface area contributed by atoms with Gasteiger partial charge in [-0.05, 0) is 55.4 Å². The van der Waals surface area contributed by atoms with Gasteiger partial charge >= 0.3 is 12.1 Å². The molecule has 0 radical (unpaired) electrons. The monoisotopic (exact) mass is 273 g/mol. The van der Waals surface area contributed by atoms with Crippen LogP contribution in [-0.4, -0.2) is 29.3 Å². The zero-order valence-corrected chi connectivity index (χ0v) is 13.3. The van der Waals surface area contributed by atoms with Crippen LogP contribution in [0.25, 0.3) is 0 Å². The predicted molar refractivity (Wildman–Crippen MR) is 73.8 cm³/mol. The van der Waals surface area contributed by atoms with Gasteiger partial charge in [0.2, 0.25) is 0 Å². The predicted octanol–water partition coefficient (Wildman–Crippen LogP) is 2.88. The van der Waals surface area contributed by atoms with Crippen molar-refractivity contribution in [2.45, 2.75) is 72.6 Å². The molecule has 112 valence electrons. The minimum absolute atomic E-state index is 0.337. The van der Waals surface area contributed by atoms with Gasteiger partial charge in [0, 0.05) is 6.04 Å². The van der Waals surface area contributed by atoms with E-state index in [-0.39, 0.29) is 12.0 Å². The number of esters is 1. The molecule has 0 bridgehead atoms. The SMILES string of the molecule is CC(NC(=O)OC(C)(C)C)C(C)C(=O)OC(C)(C)C. The van der Waals surface area contributed by atoms with Gasteiger partial charge in [0.15, 0.2) is 0 Å². The maximum Gasteiger partial charge on any atom is 0.407 e. The van der Waals surface area contributed by atoms with Crippen LogP contribution in [0.15, 0.2) is 0 Å². The highest BCUT2D eigenvalue weighted by Crippen LogP contribution is 2.14. The lowest BCUT2D eigenvalue weighted by Gasteiger charge is -2.26. The number of ether oxygens (including phenoxy) is 2. The van der Waals surface area contributed by atoms with Crippen molar-refractivity contribution in [3.05, 3.63) is 0 Å². The standard InChI is InChI=1S/C14H27NO4/c1-9(11(16)18-13(3,4)5)10(2)15-12(17)19-14(6,7)8/h9-10H,1-8H3,(H,15,17). The van der Waals surface area contributed by atoms with Gasteiger partial charge in [0.25, 0.3) is 0 Å². The number of carbonyl (C=O) groups excluding carboxylic acids is 2. The van der Waals surface area contributed by atoms with Crippen LogP contribution in [0.4, 0.5) is 4.79 Å². The van der Waals surface area contributed by atoms with Crippen molar-refractivity contribution in [1.82, 2.24) is 5.32 Å². The van der Waals surface area contributed by atoms with E-state index in [4.69, 9.17) is 9.47 Å². The van der Waals surface area contributed by atoms with Gasteiger partial charge in [-0.25, -0.2) is 4.79 Å². The van der Waals surface area contributed by atoms with Crippen LogP contribution in [-0.2, 0) is 14.3 Å². The van der Waals surface area contributed by atoms with E-state index in [9.17, 15) is 9.59 Å². The van der Waals surface area contributed by atoms with Crippen LogP contribution in [0.1, 0.15) is 55.4 Å². The number of hydrogen-bond acceptors (Lipinski definition) is 4. The molecule has 0 saturated carbocycles. The summed E-state index contributed by atoms with van der Waals surface area (Å²) in [6.45, 7) is 14.3. The lowest BCUT2D eigenvalue weighted by Crippen LogP contribution is -2.44. The van der Waals surface area contributed by atoms with Crippen LogP contribution in [0.2, 0.25) is 0 Å². The van der Waals surface area contributed by atoms with Crippen molar-refractivity contribution in [2.24, 2.45) is 5.92 Å². The van der Waals surface area contributed by atoms with Crippen molar-refractivity contribution >= 4 is 12.1 Å². The second-order valence-corrected chi connectivity index (χ2v) is 6.76. The summed E-state index contributed by atoms with van der Waals surface area (Å²) in [6, 6.07) is -0.357. The second kappa shape index (κ2) is 6.26. The molecule has 0 fully saturated rings. The first-order valence-electron chi connectivity index (χ1n) is 6.54. The zero-order valence-electron chi connectivity index (χ0n) is 13.3. The molecule has 1 N–H and O–H groups in total. The third-order valence-corrected chi connectivity index (χ3v) is 2.27. The summed E-state index contributed by atoms with van der Waals surface area (Å²) in [5.74, 6) is -0.775. The van der Waals surface area contributed by atoms with Crippen LogP contribution < -0.4 is 5.32 Å². The quantitative estimate of drug-likeness (QED) is 0.803. The molecule has 2 atom stereocenters. The zero-order chi connectivity index (χ0) is 15.4. The topological polar surface area (TPSA) is 64.6 Å². The van der Waals surface area contributed by atoms with E-state index in [1.165, 1.54) is 0 Å². The lowest BCUT2D eigenvalue weighted by molar-refractivity contribution is -0.160. The minimum atomic E-state index is -0.557. The second-order valence-electron chi connectivity index (χ2n) is 6.76. The molecule has 0 saturated heterocycles. The van der Waals surface area contributed by atoms with E-state index in [1.54, 1.807) is 34.6 Å². The van der Waals surface area contributed by atoms with Crippen LogP contribution >= 0.6 is 0 Å². The van der Waals surface area contributed by atoms with Gasteiger partial charge < -0.3 is 14.8 Å². The smallest absolute Gasteiger partial charge is 0.407 e. The number of amides is 1. The summed E-state index contributed by atoms with van der Waals surface area (Å²) in [5.41, 5.74) is -1.09. The van der Waals surface area contributed by atoms with Crippen LogP contribution in [0.3, 0.4) is 0 Å². The molecular weight excluding hydrogens is 246 g/mol. The normalized spacial score (nSPS) is 15.4. The number of alkyl carbamates (subject to hydrolysis) is 1. The molecule has 0 aliphatic carbocycles. The Labute approximate surface area is 116 Å². The average molecular weight is 273 g/mol. The molecule has 0 heterocycles. The van der Waals surface area contributed by atoms with Gasteiger partial charge in [-0.2, -0.15) is 0 Å². The fraction of sp³-hybridized carbons (Fsp3) is 0.857. The summed E-state index contributed by atoms with van der Waals surface area (Å²) in [7, 11) is 0. The fourth-order valence-electron chi connectivity index (χ4n) is 1.22. The Morgan fingerprint density at radius 1 is 0.895 bits per heavy atom. The number of carbonyl (C=O) groups is 2. The maximum absolute atomic E-state index is 11.9. The van der Waals surface area contributed by atoms with Crippen molar-refractivity contribution < 1.29 is 19.1 Å². The Hall–Kier alpha value is -1.26. The first-order chi connectivity index (χ1) is 8.32. The van der Waals surface area contributed by atoms with Gasteiger partial charge in [-0.1, -0.05) is 0 Å². The molecule has 1 amide bonds. The Morgan fingerprint density at radius 3 is 1.68 bits per heavy atom. The summed E-state index contributed by atoms with van der Waals surface area (Å²) < 4.78 is 10.4. The average Bonchev–Trinajstić information content (AvgIpc) is 2.10. The molecule has 5 heteroatoms. The molecule has 0 spiro atoms. The molecule has 0 aliphatic rings. The Kier molecular flexibility index (Phi) is 5.84. The highest BCUT2D eigenvalue weighted by Gasteiger charge is 2.28. The van der Waals surface area contributed by atoms with E-state index in [0.29, 0.717) is 0 Å². The molecule has 0 aliphatic heterocycles. The number of nitrogens with one attached hydrogen (secondary N) is 1. The van der Waals surface area contributed by atoms with Gasteiger partial charge in [-0.3, -0.25) is 4.79 Å². The summed E-state index contributed by atoms with van der Waals surface area (Å²) >= 11 is 0. The van der Waals surface area contributed by atoms with Crippen LogP contribution in [0.5, 0.6) is 0 Å². The molecule has 2 unspecified atom stereocenters. The summed E-state index contributed by atoms with van der Waals surface area (Å²) in [4.78, 5) is 23.4. The van der Waals surface area contributed by atoms with Crippen molar-refractivity contribution in [2.75, 3.05) is 0 Å². The third kappa shape index (κ3) is 8.46. The van der Waals surface area contributed by atoms with Crippen LogP contribution in [0, 0.1) is 5.92 Å². The molecule has 19 heavy (non-hydrogen) atoms. The van der Waals surface area contributed by atoms with Gasteiger partial charge in [0.1, 0.15) is 11.2 Å². The van der Waals surface area contributed by atoms with E-state index in [0.717, 1.165) is 0 Å². The number of hydrogen-bond donors (Lipinski definition) is 1. The first-order valence-corrected chi connectivity index (χ1v) is 6.54. The highest BCUT2D eigenvalue weighted by molar-refractivity contribution is 5.75. The maximum atomic E-state index is 11.9. The molecule has 0 aromatic heterocycles. The Balaban J connectivity index is 4.38. The van der Waals surface area contributed by atoms with E-state index < -0.39 is 23.2 Å². The van der Waals surface area contributed by atoms with Crippen molar-refractivity contribution in [3.63, 3.8) is 0 Å². The third-order valence-electron chi connectivity index (χ3n) is 2.27. The molecule has 0 aromatic carbocycles. The number of rotatable bonds is 3. The van der Waals surface area contributed by atoms with Crippen molar-refractivity contribution in [3.8, 4) is 0 Å². The first kappa shape index (κ1) is 17.7.